The highest BCUT2D eigenvalue weighted by atomic mass is 32.2. The van der Waals surface area contributed by atoms with E-state index in [2.05, 4.69) is 15.5 Å². The third-order valence-electron chi connectivity index (χ3n) is 3.13. The minimum Gasteiger partial charge on any atom is -0.491 e. The van der Waals surface area contributed by atoms with E-state index in [0.717, 1.165) is 22.9 Å². The van der Waals surface area contributed by atoms with E-state index in [0.29, 0.717) is 18.3 Å². The summed E-state index contributed by atoms with van der Waals surface area (Å²) in [5.74, 6) is 1.97. The number of anilines is 2. The van der Waals surface area contributed by atoms with E-state index in [-0.39, 0.29) is 0 Å². The third kappa shape index (κ3) is 4.66. The van der Waals surface area contributed by atoms with Gasteiger partial charge in [-0.1, -0.05) is 30.3 Å². The van der Waals surface area contributed by atoms with E-state index in [4.69, 9.17) is 9.15 Å². The molecule has 0 saturated carbocycles. The highest BCUT2D eigenvalue weighted by Gasteiger charge is 2.04. The maximum absolute atomic E-state index is 10.8. The molecule has 7 heteroatoms. The van der Waals surface area contributed by atoms with Crippen LogP contribution in [-0.4, -0.2) is 22.6 Å². The first kappa shape index (κ1) is 16.2. The monoisotopic (exact) mass is 343 g/mol. The van der Waals surface area contributed by atoms with Crippen molar-refractivity contribution in [2.75, 3.05) is 17.7 Å². The topological polar surface area (TPSA) is 80.2 Å². The Morgan fingerprint density at radius 1 is 1.12 bits per heavy atom. The molecule has 0 aliphatic heterocycles. The van der Waals surface area contributed by atoms with Gasteiger partial charge in [0.05, 0.1) is 18.0 Å². The zero-order valence-electron chi connectivity index (χ0n) is 12.9. The molecule has 1 aromatic heterocycles. The molecule has 0 radical (unpaired) electrons. The molecule has 3 aromatic rings. The molecule has 24 heavy (non-hydrogen) atoms. The van der Waals surface area contributed by atoms with E-state index in [9.17, 15) is 4.79 Å². The highest BCUT2D eigenvalue weighted by Crippen LogP contribution is 2.27. The van der Waals surface area contributed by atoms with Gasteiger partial charge in [-0.25, -0.2) is 9.89 Å². The van der Waals surface area contributed by atoms with Crippen molar-refractivity contribution in [1.82, 2.24) is 10.2 Å². The summed E-state index contributed by atoms with van der Waals surface area (Å²) >= 11 is 1.59. The van der Waals surface area contributed by atoms with E-state index < -0.39 is 5.76 Å². The van der Waals surface area contributed by atoms with Crippen LogP contribution in [0.25, 0.3) is 0 Å². The average Bonchev–Trinajstić information content (AvgIpc) is 3.02. The number of rotatable bonds is 8. The molecular weight excluding hydrogens is 326 g/mol. The zero-order valence-corrected chi connectivity index (χ0v) is 13.7. The summed E-state index contributed by atoms with van der Waals surface area (Å²) in [5.41, 5.74) is 1.93. The Balaban J connectivity index is 1.49. The molecule has 0 unspecified atom stereocenters. The summed E-state index contributed by atoms with van der Waals surface area (Å²) < 4.78 is 10.7. The van der Waals surface area contributed by atoms with Crippen LogP contribution in [-0.2, 0) is 5.75 Å². The Hall–Kier alpha value is -2.67. The summed E-state index contributed by atoms with van der Waals surface area (Å²) in [5, 5.41) is 9.34. The lowest BCUT2D eigenvalue weighted by molar-refractivity contribution is 0.345. The van der Waals surface area contributed by atoms with Gasteiger partial charge < -0.3 is 14.5 Å². The molecule has 0 atom stereocenters. The van der Waals surface area contributed by atoms with Gasteiger partial charge in [-0.15, -0.1) is 16.9 Å². The second-order valence-electron chi connectivity index (χ2n) is 4.90. The molecule has 2 aromatic carbocycles. The summed E-state index contributed by atoms with van der Waals surface area (Å²) in [7, 11) is 0. The van der Waals surface area contributed by atoms with Crippen LogP contribution in [0.3, 0.4) is 0 Å². The lowest BCUT2D eigenvalue weighted by Gasteiger charge is -2.13. The molecule has 0 fully saturated rings. The summed E-state index contributed by atoms with van der Waals surface area (Å²) in [6, 6.07) is 17.8. The van der Waals surface area contributed by atoms with Gasteiger partial charge in [-0.2, -0.15) is 0 Å². The van der Waals surface area contributed by atoms with Gasteiger partial charge >= 0.3 is 5.76 Å². The van der Waals surface area contributed by atoms with E-state index in [1.54, 1.807) is 11.8 Å². The smallest absolute Gasteiger partial charge is 0.434 e. The van der Waals surface area contributed by atoms with Gasteiger partial charge in [0, 0.05) is 11.4 Å². The van der Waals surface area contributed by atoms with Crippen molar-refractivity contribution < 1.29 is 9.15 Å². The van der Waals surface area contributed by atoms with Crippen molar-refractivity contribution in [1.29, 1.82) is 0 Å². The predicted octanol–water partition coefficient (Wildman–Crippen LogP) is 3.42. The second kappa shape index (κ2) is 8.26. The van der Waals surface area contributed by atoms with Gasteiger partial charge in [-0.05, 0) is 24.3 Å². The number of benzene rings is 2. The van der Waals surface area contributed by atoms with Gasteiger partial charge in [0.15, 0.2) is 0 Å². The van der Waals surface area contributed by atoms with Crippen molar-refractivity contribution in [2.45, 2.75) is 5.75 Å². The van der Waals surface area contributed by atoms with Gasteiger partial charge in [0.1, 0.15) is 5.75 Å². The number of hydrogen-bond acceptors (Lipinski definition) is 6. The van der Waals surface area contributed by atoms with Crippen LogP contribution >= 0.6 is 11.8 Å². The number of aromatic nitrogens is 2. The lowest BCUT2D eigenvalue weighted by atomic mass is 10.2. The molecule has 3 rings (SSSR count). The molecule has 0 spiro atoms. The van der Waals surface area contributed by atoms with Crippen molar-refractivity contribution in [3.05, 3.63) is 71.0 Å². The van der Waals surface area contributed by atoms with Crippen LogP contribution < -0.4 is 15.8 Å². The Bertz CT molecular complexity index is 817. The fraction of sp³-hybridized carbons (Fsp3) is 0.176. The molecule has 6 nitrogen and oxygen atoms in total. The number of nitrogens with one attached hydrogen (secondary N) is 2. The fourth-order valence-corrected chi connectivity index (χ4v) is 2.71. The Labute approximate surface area is 143 Å². The minimum atomic E-state index is -0.525. The molecule has 2 N–H and O–H groups in total. The maximum atomic E-state index is 10.8. The van der Waals surface area contributed by atoms with E-state index in [1.807, 2.05) is 54.6 Å². The number of thioether (sulfide) groups is 1. The van der Waals surface area contributed by atoms with Crippen LogP contribution in [0.1, 0.15) is 5.89 Å². The van der Waals surface area contributed by atoms with Crippen LogP contribution in [0.5, 0.6) is 5.75 Å². The maximum Gasteiger partial charge on any atom is 0.434 e. The largest absolute Gasteiger partial charge is 0.491 e. The zero-order chi connectivity index (χ0) is 16.6. The van der Waals surface area contributed by atoms with E-state index >= 15 is 0 Å². The Morgan fingerprint density at radius 3 is 2.71 bits per heavy atom. The van der Waals surface area contributed by atoms with Crippen molar-refractivity contribution in [3.8, 4) is 5.75 Å². The molecule has 0 saturated heterocycles. The van der Waals surface area contributed by atoms with Gasteiger partial charge in [-0.3, -0.25) is 0 Å². The quantitative estimate of drug-likeness (QED) is 0.610. The lowest BCUT2D eigenvalue weighted by Crippen LogP contribution is -2.03. The fourth-order valence-electron chi connectivity index (χ4n) is 2.07. The number of H-pyrrole nitrogens is 1. The van der Waals surface area contributed by atoms with Crippen molar-refractivity contribution in [3.63, 3.8) is 0 Å². The number of para-hydroxylation sites is 3. The van der Waals surface area contributed by atoms with E-state index in [1.165, 1.54) is 0 Å². The van der Waals surface area contributed by atoms with Crippen LogP contribution in [0.15, 0.2) is 63.8 Å². The normalized spacial score (nSPS) is 10.5. The summed E-state index contributed by atoms with van der Waals surface area (Å²) in [6.07, 6.45) is 0. The molecular formula is C17H17N3O3S. The highest BCUT2D eigenvalue weighted by molar-refractivity contribution is 7.98. The molecule has 1 heterocycles. The standard InChI is InChI=1S/C17H17N3O3S/c21-17-20-19-16(23-17)12-24-11-10-22-15-9-5-4-8-14(15)18-13-6-2-1-3-7-13/h1-9,18H,10-12H2,(H,20,21). The first-order valence-electron chi connectivity index (χ1n) is 7.47. The van der Waals surface area contributed by atoms with Crippen LogP contribution in [0.2, 0.25) is 0 Å². The molecule has 124 valence electrons. The van der Waals surface area contributed by atoms with Crippen LogP contribution in [0.4, 0.5) is 11.4 Å². The Morgan fingerprint density at radius 2 is 1.92 bits per heavy atom. The molecule has 0 aliphatic rings. The Kier molecular flexibility index (Phi) is 5.57. The molecule has 0 aliphatic carbocycles. The first-order chi connectivity index (χ1) is 11.8. The van der Waals surface area contributed by atoms with Crippen molar-refractivity contribution in [2.24, 2.45) is 0 Å². The number of nitrogens with zero attached hydrogens (tertiary/aromatic N) is 1. The van der Waals surface area contributed by atoms with Gasteiger partial charge in [0.25, 0.3) is 0 Å². The predicted molar refractivity (Wildman–Crippen MR) is 94.9 cm³/mol. The van der Waals surface area contributed by atoms with Crippen LogP contribution in [0, 0.1) is 0 Å². The summed E-state index contributed by atoms with van der Waals surface area (Å²) in [4.78, 5) is 10.8. The summed E-state index contributed by atoms with van der Waals surface area (Å²) in [6.45, 7) is 0.548. The number of ether oxygens (including phenoxy) is 1. The molecule has 0 amide bonds. The number of aromatic amines is 1. The average molecular weight is 343 g/mol. The van der Waals surface area contributed by atoms with Gasteiger partial charge in [0.2, 0.25) is 5.89 Å². The second-order valence-corrected chi connectivity index (χ2v) is 6.00. The third-order valence-corrected chi connectivity index (χ3v) is 4.04. The number of hydrogen-bond donors (Lipinski definition) is 2. The SMILES string of the molecule is O=c1[nH]nc(CSCCOc2ccccc2Nc2ccccc2)o1. The first-order valence-corrected chi connectivity index (χ1v) is 8.63. The molecule has 0 bridgehead atoms. The van der Waals surface area contributed by atoms with Crippen molar-refractivity contribution >= 4 is 23.1 Å². The minimum absolute atomic E-state index is 0.399.